The second-order valence-corrected chi connectivity index (χ2v) is 6.87. The van der Waals surface area contributed by atoms with Crippen molar-refractivity contribution in [3.8, 4) is 0 Å². The lowest BCUT2D eigenvalue weighted by molar-refractivity contribution is -0.142. The van der Waals surface area contributed by atoms with Crippen molar-refractivity contribution < 1.29 is 14.3 Å². The normalized spacial score (nSPS) is 16.8. The van der Waals surface area contributed by atoms with E-state index in [9.17, 15) is 4.79 Å². The van der Waals surface area contributed by atoms with E-state index in [0.29, 0.717) is 6.61 Å². The number of nitrogens with zero attached hydrogens (tertiary/aromatic N) is 1. The number of hydrogen-bond donors (Lipinski definition) is 0. The number of unbranched alkanes of at least 4 members (excludes halogenated alkanes) is 12. The minimum atomic E-state index is -0.438. The van der Waals surface area contributed by atoms with Gasteiger partial charge in [0.1, 0.15) is 6.61 Å². The third kappa shape index (κ3) is 9.94. The van der Waals surface area contributed by atoms with Gasteiger partial charge in [-0.1, -0.05) is 84.0 Å². The average molecular weight is 340 g/mol. The lowest BCUT2D eigenvalue weighted by atomic mass is 10.0. The molecule has 0 bridgehead atoms. The highest BCUT2D eigenvalue weighted by atomic mass is 16.5. The Labute approximate surface area is 148 Å². The fraction of sp³-hybridized carbons (Fsp3) is 0.900. The van der Waals surface area contributed by atoms with Gasteiger partial charge in [-0.3, -0.25) is 0 Å². The van der Waals surface area contributed by atoms with Crippen LogP contribution in [0.25, 0.3) is 0 Å². The molecule has 1 atom stereocenters. The fourth-order valence-corrected chi connectivity index (χ4v) is 3.11. The van der Waals surface area contributed by atoms with Gasteiger partial charge in [0.2, 0.25) is 0 Å². The van der Waals surface area contributed by atoms with Crippen LogP contribution in [-0.4, -0.2) is 31.6 Å². The van der Waals surface area contributed by atoms with E-state index in [-0.39, 0.29) is 5.97 Å². The molecule has 1 aliphatic rings. The van der Waals surface area contributed by atoms with Gasteiger partial charge in [-0.05, 0) is 6.42 Å². The van der Waals surface area contributed by atoms with Crippen LogP contribution in [0.4, 0.5) is 0 Å². The third-order valence-corrected chi connectivity index (χ3v) is 4.68. The number of methoxy groups -OCH3 is 1. The molecule has 4 nitrogen and oxygen atoms in total. The van der Waals surface area contributed by atoms with Crippen LogP contribution in [0.2, 0.25) is 0 Å². The van der Waals surface area contributed by atoms with Crippen molar-refractivity contribution in [3.63, 3.8) is 0 Å². The Morgan fingerprint density at radius 3 is 1.96 bits per heavy atom. The van der Waals surface area contributed by atoms with Crippen LogP contribution >= 0.6 is 0 Å². The van der Waals surface area contributed by atoms with E-state index in [2.05, 4.69) is 16.7 Å². The lowest BCUT2D eigenvalue weighted by Gasteiger charge is -2.03. The topological polar surface area (TPSA) is 47.9 Å². The summed E-state index contributed by atoms with van der Waals surface area (Å²) >= 11 is 0. The highest BCUT2D eigenvalue weighted by Crippen LogP contribution is 2.15. The van der Waals surface area contributed by atoms with E-state index in [1.54, 1.807) is 0 Å². The first-order valence-corrected chi connectivity index (χ1v) is 10.0. The second kappa shape index (κ2) is 14.3. The van der Waals surface area contributed by atoms with Crippen molar-refractivity contribution in [2.24, 2.45) is 4.99 Å². The molecular formula is C20H37NO3. The standard InChI is InChI=1S/C20H37NO3/c1-3-4-5-6-7-8-9-10-11-12-13-14-15-16-19-21-18(17-24-19)20(22)23-2/h18H,3-17H2,1-2H3. The molecule has 0 saturated heterocycles. The third-order valence-electron chi connectivity index (χ3n) is 4.68. The summed E-state index contributed by atoms with van der Waals surface area (Å²) < 4.78 is 10.1. The highest BCUT2D eigenvalue weighted by molar-refractivity contribution is 5.85. The Morgan fingerprint density at radius 2 is 1.46 bits per heavy atom. The van der Waals surface area contributed by atoms with E-state index in [0.717, 1.165) is 18.7 Å². The minimum absolute atomic E-state index is 0.296. The first-order valence-electron chi connectivity index (χ1n) is 10.0. The Morgan fingerprint density at radius 1 is 0.958 bits per heavy atom. The number of esters is 1. The summed E-state index contributed by atoms with van der Waals surface area (Å²) in [7, 11) is 1.39. The second-order valence-electron chi connectivity index (χ2n) is 6.87. The Kier molecular flexibility index (Phi) is 12.5. The number of hydrogen-bond acceptors (Lipinski definition) is 4. The quantitative estimate of drug-likeness (QED) is 0.295. The highest BCUT2D eigenvalue weighted by Gasteiger charge is 2.25. The van der Waals surface area contributed by atoms with Gasteiger partial charge in [-0.15, -0.1) is 0 Å². The molecule has 0 aromatic heterocycles. The van der Waals surface area contributed by atoms with Gasteiger partial charge in [-0.2, -0.15) is 0 Å². The van der Waals surface area contributed by atoms with Crippen molar-refractivity contribution in [1.29, 1.82) is 0 Å². The van der Waals surface area contributed by atoms with Crippen LogP contribution in [0.1, 0.15) is 96.8 Å². The first kappa shape index (κ1) is 21.0. The van der Waals surface area contributed by atoms with E-state index >= 15 is 0 Å². The molecule has 1 rings (SSSR count). The maximum Gasteiger partial charge on any atom is 0.334 e. The molecule has 24 heavy (non-hydrogen) atoms. The molecule has 0 N–H and O–H groups in total. The monoisotopic (exact) mass is 339 g/mol. The zero-order valence-electron chi connectivity index (χ0n) is 15.9. The predicted octanol–water partition coefficient (Wildman–Crippen LogP) is 5.44. The fourth-order valence-electron chi connectivity index (χ4n) is 3.11. The van der Waals surface area contributed by atoms with Gasteiger partial charge in [0.05, 0.1) is 7.11 Å². The van der Waals surface area contributed by atoms with Crippen molar-refractivity contribution in [2.75, 3.05) is 13.7 Å². The van der Waals surface area contributed by atoms with Gasteiger partial charge < -0.3 is 9.47 Å². The maximum atomic E-state index is 11.3. The van der Waals surface area contributed by atoms with Gasteiger partial charge in [0.15, 0.2) is 11.9 Å². The van der Waals surface area contributed by atoms with Crippen LogP contribution in [0.5, 0.6) is 0 Å². The zero-order chi connectivity index (χ0) is 17.5. The summed E-state index contributed by atoms with van der Waals surface area (Å²) in [4.78, 5) is 15.6. The summed E-state index contributed by atoms with van der Waals surface area (Å²) in [5.41, 5.74) is 0. The number of carbonyl (C=O) groups is 1. The number of rotatable bonds is 15. The van der Waals surface area contributed by atoms with Crippen LogP contribution in [-0.2, 0) is 14.3 Å². The van der Waals surface area contributed by atoms with Gasteiger partial charge in [0.25, 0.3) is 0 Å². The largest absolute Gasteiger partial charge is 0.478 e. The molecular weight excluding hydrogens is 302 g/mol. The molecule has 0 aromatic rings. The van der Waals surface area contributed by atoms with Crippen molar-refractivity contribution in [1.82, 2.24) is 0 Å². The smallest absolute Gasteiger partial charge is 0.334 e. The molecule has 1 aliphatic heterocycles. The van der Waals surface area contributed by atoms with Crippen molar-refractivity contribution >= 4 is 11.9 Å². The maximum absolute atomic E-state index is 11.3. The van der Waals surface area contributed by atoms with E-state index in [4.69, 9.17) is 4.74 Å². The summed E-state index contributed by atoms with van der Waals surface area (Å²) in [6.45, 7) is 2.62. The average Bonchev–Trinajstić information content (AvgIpc) is 3.07. The molecule has 0 aliphatic carbocycles. The molecule has 0 saturated carbocycles. The summed E-state index contributed by atoms with van der Waals surface area (Å²) in [5, 5.41) is 0. The SMILES string of the molecule is CCCCCCCCCCCCCCCC1=NC(C(=O)OC)CO1. The minimum Gasteiger partial charge on any atom is -0.478 e. The molecule has 1 heterocycles. The van der Waals surface area contributed by atoms with Crippen LogP contribution in [0.15, 0.2) is 4.99 Å². The molecule has 0 amide bonds. The van der Waals surface area contributed by atoms with Gasteiger partial charge in [-0.25, -0.2) is 9.79 Å². The van der Waals surface area contributed by atoms with Gasteiger partial charge in [0, 0.05) is 6.42 Å². The van der Waals surface area contributed by atoms with Crippen LogP contribution in [0.3, 0.4) is 0 Å². The number of aliphatic imine (C=N–C) groups is 1. The number of carbonyl (C=O) groups excluding carboxylic acids is 1. The Bertz CT molecular complexity index is 355. The molecule has 0 radical (unpaired) electrons. The van der Waals surface area contributed by atoms with Crippen molar-refractivity contribution in [3.05, 3.63) is 0 Å². The van der Waals surface area contributed by atoms with Crippen molar-refractivity contribution in [2.45, 2.75) is 103 Å². The van der Waals surface area contributed by atoms with E-state index in [1.165, 1.54) is 84.2 Å². The summed E-state index contributed by atoms with van der Waals surface area (Å²) in [5.74, 6) is 0.434. The van der Waals surface area contributed by atoms with Gasteiger partial charge >= 0.3 is 5.97 Å². The van der Waals surface area contributed by atoms with Crippen LogP contribution < -0.4 is 0 Å². The summed E-state index contributed by atoms with van der Waals surface area (Å²) in [6, 6.07) is -0.438. The predicted molar refractivity (Wildman–Crippen MR) is 99.5 cm³/mol. The Hall–Kier alpha value is -1.06. The first-order chi connectivity index (χ1) is 11.8. The van der Waals surface area contributed by atoms with Crippen LogP contribution in [0, 0.1) is 0 Å². The molecule has 0 fully saturated rings. The Balaban J connectivity index is 1.83. The number of ether oxygens (including phenoxy) is 2. The molecule has 0 aromatic carbocycles. The molecule has 1 unspecified atom stereocenters. The van der Waals surface area contributed by atoms with E-state index in [1.807, 2.05) is 0 Å². The molecule has 4 heteroatoms. The zero-order valence-corrected chi connectivity index (χ0v) is 15.9. The van der Waals surface area contributed by atoms with E-state index < -0.39 is 6.04 Å². The molecule has 0 spiro atoms. The lowest BCUT2D eigenvalue weighted by Crippen LogP contribution is -2.21. The molecule has 140 valence electrons. The summed E-state index contributed by atoms with van der Waals surface area (Å²) in [6.07, 6.45) is 18.4.